The lowest BCUT2D eigenvalue weighted by Crippen LogP contribution is -1.95. The molecule has 0 amide bonds. The Morgan fingerprint density at radius 2 is 2.05 bits per heavy atom. The Balaban J connectivity index is 1.96. The zero-order valence-corrected chi connectivity index (χ0v) is 12.3. The van der Waals surface area contributed by atoms with E-state index in [1.54, 1.807) is 11.3 Å². The summed E-state index contributed by atoms with van der Waals surface area (Å²) in [4.78, 5) is 6.20. The summed E-state index contributed by atoms with van der Waals surface area (Å²) in [6, 6.07) is 12.9. The predicted octanol–water partition coefficient (Wildman–Crippen LogP) is 4.53. The van der Waals surface area contributed by atoms with E-state index in [1.165, 1.54) is 33.9 Å². The Morgan fingerprint density at radius 1 is 1.20 bits per heavy atom. The topological polar surface area (TPSA) is 17.8 Å². The van der Waals surface area contributed by atoms with Gasteiger partial charge in [0.15, 0.2) is 0 Å². The minimum Gasteiger partial charge on any atom is -0.327 e. The molecule has 3 heterocycles. The van der Waals surface area contributed by atoms with Gasteiger partial charge in [-0.05, 0) is 30.4 Å². The summed E-state index contributed by atoms with van der Waals surface area (Å²) in [5.41, 5.74) is 5.04. The molecular weight excluding hydrogens is 264 g/mol. The van der Waals surface area contributed by atoms with Crippen molar-refractivity contribution in [1.29, 1.82) is 0 Å². The summed E-state index contributed by atoms with van der Waals surface area (Å²) in [6.07, 6.45) is 2.32. The zero-order valence-electron chi connectivity index (χ0n) is 11.5. The second kappa shape index (κ2) is 4.60. The highest BCUT2D eigenvalue weighted by Crippen LogP contribution is 2.37. The quantitative estimate of drug-likeness (QED) is 0.674. The van der Waals surface area contributed by atoms with Crippen molar-refractivity contribution in [3.63, 3.8) is 0 Å². The summed E-state index contributed by atoms with van der Waals surface area (Å²) in [6.45, 7) is 3.24. The van der Waals surface area contributed by atoms with Crippen LogP contribution >= 0.6 is 11.3 Å². The van der Waals surface area contributed by atoms with Gasteiger partial charge in [-0.3, -0.25) is 0 Å². The molecule has 20 heavy (non-hydrogen) atoms. The summed E-state index contributed by atoms with van der Waals surface area (Å²) < 4.78 is 2.40. The second-order valence-electron chi connectivity index (χ2n) is 5.33. The van der Waals surface area contributed by atoms with Crippen molar-refractivity contribution in [3.8, 4) is 21.8 Å². The maximum atomic E-state index is 4.92. The molecule has 3 aromatic rings. The van der Waals surface area contributed by atoms with Crippen LogP contribution in [0.5, 0.6) is 0 Å². The van der Waals surface area contributed by atoms with Gasteiger partial charge in [0.05, 0.1) is 10.6 Å². The molecule has 1 aliphatic heterocycles. The van der Waals surface area contributed by atoms with Crippen molar-refractivity contribution in [1.82, 2.24) is 9.55 Å². The van der Waals surface area contributed by atoms with Crippen LogP contribution in [0.25, 0.3) is 21.8 Å². The number of benzene rings is 1. The molecule has 0 spiro atoms. The van der Waals surface area contributed by atoms with Crippen molar-refractivity contribution < 1.29 is 0 Å². The Morgan fingerprint density at radius 3 is 2.80 bits per heavy atom. The standard InChI is InChI=1S/C17H16N2S/c1-12-10-14(20-11-12)16-17(13-6-3-2-4-7-13)19-9-5-8-15(19)18-16/h2-4,6-7,10-11H,5,8-9H2,1H3. The van der Waals surface area contributed by atoms with Crippen LogP contribution in [0.2, 0.25) is 0 Å². The molecule has 4 rings (SSSR count). The molecule has 2 nitrogen and oxygen atoms in total. The van der Waals surface area contributed by atoms with Crippen LogP contribution in [0.15, 0.2) is 41.8 Å². The van der Waals surface area contributed by atoms with Crippen LogP contribution in [0.3, 0.4) is 0 Å². The lowest BCUT2D eigenvalue weighted by molar-refractivity contribution is 0.756. The zero-order chi connectivity index (χ0) is 13.5. The number of hydrogen-bond donors (Lipinski definition) is 0. The largest absolute Gasteiger partial charge is 0.327 e. The summed E-state index contributed by atoms with van der Waals surface area (Å²) in [7, 11) is 0. The van der Waals surface area contributed by atoms with Gasteiger partial charge in [0.1, 0.15) is 11.5 Å². The third-order valence-corrected chi connectivity index (χ3v) is 4.89. The lowest BCUT2D eigenvalue weighted by Gasteiger charge is -2.07. The molecule has 1 aliphatic rings. The second-order valence-corrected chi connectivity index (χ2v) is 6.25. The molecule has 0 bridgehead atoms. The highest BCUT2D eigenvalue weighted by Gasteiger charge is 2.23. The van der Waals surface area contributed by atoms with E-state index in [0.29, 0.717) is 0 Å². The van der Waals surface area contributed by atoms with Crippen molar-refractivity contribution in [2.75, 3.05) is 0 Å². The molecule has 0 N–H and O–H groups in total. The Kier molecular flexibility index (Phi) is 2.74. The molecule has 2 aromatic heterocycles. The van der Waals surface area contributed by atoms with Crippen molar-refractivity contribution in [2.24, 2.45) is 0 Å². The first-order chi connectivity index (χ1) is 9.83. The highest BCUT2D eigenvalue weighted by molar-refractivity contribution is 7.13. The molecular formula is C17H16N2S. The number of nitrogens with zero attached hydrogens (tertiary/aromatic N) is 2. The van der Waals surface area contributed by atoms with Crippen molar-refractivity contribution in [2.45, 2.75) is 26.3 Å². The maximum absolute atomic E-state index is 4.92. The van der Waals surface area contributed by atoms with Gasteiger partial charge < -0.3 is 4.57 Å². The van der Waals surface area contributed by atoms with Gasteiger partial charge in [0, 0.05) is 18.5 Å². The highest BCUT2D eigenvalue weighted by atomic mass is 32.1. The number of aryl methyl sites for hydroxylation is 2. The molecule has 100 valence electrons. The van der Waals surface area contributed by atoms with Gasteiger partial charge in [0.2, 0.25) is 0 Å². The van der Waals surface area contributed by atoms with E-state index < -0.39 is 0 Å². The molecule has 0 saturated carbocycles. The molecule has 0 saturated heterocycles. The van der Waals surface area contributed by atoms with Gasteiger partial charge in [-0.2, -0.15) is 0 Å². The molecule has 0 unspecified atom stereocenters. The van der Waals surface area contributed by atoms with Crippen LogP contribution < -0.4 is 0 Å². The number of rotatable bonds is 2. The number of thiophene rings is 1. The van der Waals surface area contributed by atoms with E-state index >= 15 is 0 Å². The van der Waals surface area contributed by atoms with Gasteiger partial charge >= 0.3 is 0 Å². The monoisotopic (exact) mass is 280 g/mol. The average Bonchev–Trinajstić information content (AvgIpc) is 3.13. The van der Waals surface area contributed by atoms with Crippen molar-refractivity contribution in [3.05, 3.63) is 53.2 Å². The van der Waals surface area contributed by atoms with Gasteiger partial charge in [-0.25, -0.2) is 4.98 Å². The Hall–Kier alpha value is -1.87. The van der Waals surface area contributed by atoms with Gasteiger partial charge in [0.25, 0.3) is 0 Å². The first kappa shape index (κ1) is 11.9. The third kappa shape index (κ3) is 1.81. The fraction of sp³-hybridized carbons (Fsp3) is 0.235. The molecule has 0 atom stereocenters. The fourth-order valence-electron chi connectivity index (χ4n) is 2.94. The van der Waals surface area contributed by atoms with E-state index in [9.17, 15) is 0 Å². The predicted molar refractivity (Wildman–Crippen MR) is 84.0 cm³/mol. The van der Waals surface area contributed by atoms with Gasteiger partial charge in [-0.1, -0.05) is 30.3 Å². The Bertz CT molecular complexity index is 753. The van der Waals surface area contributed by atoms with Crippen LogP contribution in [0.4, 0.5) is 0 Å². The van der Waals surface area contributed by atoms with E-state index in [2.05, 4.69) is 53.3 Å². The number of aromatic nitrogens is 2. The summed E-state index contributed by atoms with van der Waals surface area (Å²) in [5, 5.41) is 2.20. The number of hydrogen-bond acceptors (Lipinski definition) is 2. The third-order valence-electron chi connectivity index (χ3n) is 3.84. The van der Waals surface area contributed by atoms with Crippen LogP contribution in [0.1, 0.15) is 17.8 Å². The van der Waals surface area contributed by atoms with Crippen LogP contribution in [-0.2, 0) is 13.0 Å². The minimum absolute atomic E-state index is 1.09. The van der Waals surface area contributed by atoms with Crippen molar-refractivity contribution >= 4 is 11.3 Å². The van der Waals surface area contributed by atoms with Crippen LogP contribution in [0, 0.1) is 6.92 Å². The van der Waals surface area contributed by atoms with E-state index in [1.807, 2.05) is 0 Å². The van der Waals surface area contributed by atoms with Crippen LogP contribution in [-0.4, -0.2) is 9.55 Å². The van der Waals surface area contributed by atoms with E-state index in [4.69, 9.17) is 4.98 Å². The van der Waals surface area contributed by atoms with E-state index in [0.717, 1.165) is 18.7 Å². The molecule has 1 aromatic carbocycles. The first-order valence-electron chi connectivity index (χ1n) is 7.03. The fourth-order valence-corrected chi connectivity index (χ4v) is 3.83. The number of imidazole rings is 1. The molecule has 3 heteroatoms. The van der Waals surface area contributed by atoms with Gasteiger partial charge in [-0.15, -0.1) is 11.3 Å². The Labute approximate surface area is 122 Å². The first-order valence-corrected chi connectivity index (χ1v) is 7.91. The summed E-state index contributed by atoms with van der Waals surface area (Å²) in [5.74, 6) is 1.24. The molecule has 0 radical (unpaired) electrons. The SMILES string of the molecule is Cc1csc(-c2nc3n(c2-c2ccccc2)CCC3)c1. The molecule has 0 aliphatic carbocycles. The molecule has 0 fully saturated rings. The lowest BCUT2D eigenvalue weighted by atomic mass is 10.1. The smallest absolute Gasteiger partial charge is 0.110 e. The minimum atomic E-state index is 1.09. The number of fused-ring (bicyclic) bond motifs is 1. The summed E-state index contributed by atoms with van der Waals surface area (Å²) >= 11 is 1.79. The normalized spacial score (nSPS) is 13.7. The maximum Gasteiger partial charge on any atom is 0.110 e. The van der Waals surface area contributed by atoms with E-state index in [-0.39, 0.29) is 0 Å². The average molecular weight is 280 g/mol.